The first-order valence-electron chi connectivity index (χ1n) is 12.4. The molecule has 0 N–H and O–H groups in total. The van der Waals surface area contributed by atoms with Crippen LogP contribution in [0.15, 0.2) is 100 Å². The molecule has 1 aromatic heterocycles. The van der Waals surface area contributed by atoms with Crippen molar-refractivity contribution < 1.29 is 48.3 Å². The summed E-state index contributed by atoms with van der Waals surface area (Å²) >= 11 is 0. The molecule has 3 aromatic carbocycles. The third-order valence-corrected chi connectivity index (χ3v) is 9.23. The van der Waals surface area contributed by atoms with Crippen molar-refractivity contribution in [3.63, 3.8) is 0 Å². The van der Waals surface area contributed by atoms with Crippen LogP contribution < -0.4 is 4.57 Å². The minimum atomic E-state index is -6.09. The summed E-state index contributed by atoms with van der Waals surface area (Å²) in [6.07, 6.45) is 0. The number of rotatable bonds is 5. The van der Waals surface area contributed by atoms with E-state index in [4.69, 9.17) is 17.4 Å². The molecule has 1 aliphatic heterocycles. The fourth-order valence-electron chi connectivity index (χ4n) is 4.61. The molecule has 0 saturated carbocycles. The van der Waals surface area contributed by atoms with Crippen LogP contribution in [0, 0.1) is 0 Å². The minimum Gasteiger partial charge on any atom is -0.741 e. The Kier molecular flexibility index (Phi) is 8.73. The Morgan fingerprint density at radius 1 is 0.905 bits per heavy atom. The van der Waals surface area contributed by atoms with Gasteiger partial charge in [-0.2, -0.15) is 22.0 Å². The standard InChI is InChI=1S/C27H25N2O4S.CHF3O3S/c1-19-24(25(30)20-12-6-3-7-13-20)26-23(28(2)27(33-26)21-14-8-4-9-15-21)18-29(19)34(31,32)22-16-10-5-11-17-22;2-1(3,4)8(5,6)7/h3-17,19,24H,18H2,1-2H3;(H,5,6,7)/q+1;/p-1/t19-,24+;/m0./s1. The van der Waals surface area contributed by atoms with Crippen LogP contribution in [0.2, 0.25) is 0 Å². The van der Waals surface area contributed by atoms with E-state index in [2.05, 4.69) is 0 Å². The Balaban J connectivity index is 0.000000446. The van der Waals surface area contributed by atoms with Crippen molar-refractivity contribution in [2.24, 2.45) is 7.05 Å². The highest BCUT2D eigenvalue weighted by Gasteiger charge is 2.49. The molecule has 2 heterocycles. The molecule has 0 amide bonds. The van der Waals surface area contributed by atoms with Crippen molar-refractivity contribution in [3.8, 4) is 11.5 Å². The van der Waals surface area contributed by atoms with E-state index in [-0.39, 0.29) is 17.2 Å². The zero-order valence-electron chi connectivity index (χ0n) is 22.2. The van der Waals surface area contributed by atoms with Gasteiger partial charge in [0, 0.05) is 11.6 Å². The molecule has 0 fully saturated rings. The molecule has 14 heteroatoms. The molecule has 0 spiro atoms. The zero-order chi connectivity index (χ0) is 30.9. The average Bonchev–Trinajstić information content (AvgIpc) is 3.28. The fourth-order valence-corrected chi connectivity index (χ4v) is 6.23. The molecule has 5 rings (SSSR count). The van der Waals surface area contributed by atoms with Crippen LogP contribution in [0.5, 0.6) is 0 Å². The highest BCUT2D eigenvalue weighted by molar-refractivity contribution is 7.89. The van der Waals surface area contributed by atoms with E-state index in [0.29, 0.717) is 22.9 Å². The van der Waals surface area contributed by atoms with E-state index >= 15 is 0 Å². The van der Waals surface area contributed by atoms with Gasteiger partial charge in [0.15, 0.2) is 21.7 Å². The highest BCUT2D eigenvalue weighted by atomic mass is 32.2. The normalized spacial score (nSPS) is 17.6. The third-order valence-electron chi connectivity index (χ3n) is 6.72. The molecule has 0 aliphatic carbocycles. The summed E-state index contributed by atoms with van der Waals surface area (Å²) in [6.45, 7) is 1.89. The van der Waals surface area contributed by atoms with Gasteiger partial charge in [-0.15, -0.1) is 0 Å². The second kappa shape index (κ2) is 11.8. The second-order valence-corrected chi connectivity index (χ2v) is 12.6. The Hall–Kier alpha value is -3.85. The number of oxazole rings is 1. The Labute approximate surface area is 240 Å². The molecule has 0 bridgehead atoms. The van der Waals surface area contributed by atoms with Gasteiger partial charge >= 0.3 is 11.4 Å². The number of alkyl halides is 3. The lowest BCUT2D eigenvalue weighted by molar-refractivity contribution is -0.671. The molecule has 4 aromatic rings. The smallest absolute Gasteiger partial charge is 0.485 e. The summed E-state index contributed by atoms with van der Waals surface area (Å²) in [5.41, 5.74) is -3.60. The van der Waals surface area contributed by atoms with E-state index < -0.39 is 37.6 Å². The Bertz CT molecular complexity index is 1780. The van der Waals surface area contributed by atoms with Gasteiger partial charge in [0.25, 0.3) is 0 Å². The SMILES string of the molecule is C[C@H]1[C@H](C(=O)c2ccccc2)c2oc(-c3ccccc3)[n+](C)c2CN1S(=O)(=O)c1ccccc1.O=S(=O)([O-])C(F)(F)F. The molecule has 9 nitrogen and oxygen atoms in total. The number of sulfonamides is 1. The summed E-state index contributed by atoms with van der Waals surface area (Å²) in [7, 11) is -8.09. The number of halogens is 3. The minimum absolute atomic E-state index is 0.110. The summed E-state index contributed by atoms with van der Waals surface area (Å²) in [4.78, 5) is 13.9. The first-order valence-corrected chi connectivity index (χ1v) is 15.2. The summed E-state index contributed by atoms with van der Waals surface area (Å²) < 4.78 is 95.9. The number of hydrogen-bond donors (Lipinski definition) is 0. The number of Topliss-reactive ketones (excluding diaryl/α,β-unsaturated/α-hetero) is 1. The maximum atomic E-state index is 13.7. The molecule has 0 radical (unpaired) electrons. The monoisotopic (exact) mass is 622 g/mol. The summed E-state index contributed by atoms with van der Waals surface area (Å²) in [6, 6.07) is 26.3. The van der Waals surface area contributed by atoms with Crippen LogP contribution >= 0.6 is 0 Å². The predicted molar refractivity (Wildman–Crippen MR) is 143 cm³/mol. The van der Waals surface area contributed by atoms with E-state index in [0.717, 1.165) is 5.56 Å². The van der Waals surface area contributed by atoms with E-state index in [1.54, 1.807) is 61.5 Å². The number of carbonyl (C=O) groups excluding carboxylic acids is 1. The van der Waals surface area contributed by atoms with Crippen LogP contribution in [0.1, 0.15) is 34.7 Å². The van der Waals surface area contributed by atoms with E-state index in [9.17, 15) is 26.4 Å². The second-order valence-electron chi connectivity index (χ2n) is 9.35. The van der Waals surface area contributed by atoms with Gasteiger partial charge in [-0.05, 0) is 31.2 Å². The topological polar surface area (TPSA) is 129 Å². The predicted octanol–water partition coefficient (Wildman–Crippen LogP) is 4.38. The van der Waals surface area contributed by atoms with E-state index in [1.165, 1.54) is 4.31 Å². The maximum Gasteiger partial charge on any atom is 0.485 e. The first-order chi connectivity index (χ1) is 19.6. The van der Waals surface area contributed by atoms with Crippen molar-refractivity contribution in [2.75, 3.05) is 0 Å². The number of ketones is 1. The average molecular weight is 623 g/mol. The number of carbonyl (C=O) groups is 1. The molecule has 222 valence electrons. The van der Waals surface area contributed by atoms with Gasteiger partial charge in [0.2, 0.25) is 15.7 Å². The Morgan fingerprint density at radius 3 is 1.88 bits per heavy atom. The number of fused-ring (bicyclic) bond motifs is 1. The molecule has 1 aliphatic rings. The van der Waals surface area contributed by atoms with E-state index in [1.807, 2.05) is 48.0 Å². The zero-order valence-corrected chi connectivity index (χ0v) is 23.9. The van der Waals surface area contributed by atoms with Crippen molar-refractivity contribution in [1.82, 2.24) is 4.31 Å². The third kappa shape index (κ3) is 6.16. The lowest BCUT2D eigenvalue weighted by atomic mass is 9.86. The lowest BCUT2D eigenvalue weighted by Gasteiger charge is -2.34. The Morgan fingerprint density at radius 2 is 1.38 bits per heavy atom. The highest BCUT2D eigenvalue weighted by Crippen LogP contribution is 2.39. The van der Waals surface area contributed by atoms with Gasteiger partial charge in [-0.3, -0.25) is 4.79 Å². The molecule has 2 atom stereocenters. The summed E-state index contributed by atoms with van der Waals surface area (Å²) in [5, 5.41) is 0. The number of aromatic nitrogens is 1. The number of benzene rings is 3. The number of hydrogen-bond acceptors (Lipinski definition) is 7. The molecular weight excluding hydrogens is 597 g/mol. The molecule has 0 saturated heterocycles. The number of nitrogens with zero attached hydrogens (tertiary/aromatic N) is 2. The van der Waals surface area contributed by atoms with Crippen LogP contribution in [0.25, 0.3) is 11.5 Å². The van der Waals surface area contributed by atoms with Gasteiger partial charge in [0.05, 0.1) is 10.5 Å². The molecular formula is C28H25F3N2O7S2. The van der Waals surface area contributed by atoms with Crippen LogP contribution in [-0.2, 0) is 33.7 Å². The molecule has 0 unspecified atom stereocenters. The van der Waals surface area contributed by atoms with Gasteiger partial charge in [0.1, 0.15) is 19.5 Å². The lowest BCUT2D eigenvalue weighted by Crippen LogP contribution is -2.50. The van der Waals surface area contributed by atoms with Crippen molar-refractivity contribution in [3.05, 3.63) is 108 Å². The van der Waals surface area contributed by atoms with Gasteiger partial charge < -0.3 is 8.97 Å². The van der Waals surface area contributed by atoms with Crippen LogP contribution in [-0.4, -0.2) is 43.0 Å². The van der Waals surface area contributed by atoms with Crippen molar-refractivity contribution in [1.29, 1.82) is 0 Å². The van der Waals surface area contributed by atoms with Crippen molar-refractivity contribution in [2.45, 2.75) is 35.8 Å². The molecule has 42 heavy (non-hydrogen) atoms. The largest absolute Gasteiger partial charge is 0.741 e. The first kappa shape index (κ1) is 31.1. The quantitative estimate of drug-likeness (QED) is 0.140. The fraction of sp³-hybridized carbons (Fsp3) is 0.214. The maximum absolute atomic E-state index is 13.7. The summed E-state index contributed by atoms with van der Waals surface area (Å²) in [5.74, 6) is 0.148. The van der Waals surface area contributed by atoms with Crippen LogP contribution in [0.4, 0.5) is 13.2 Å². The van der Waals surface area contributed by atoms with Gasteiger partial charge in [-0.1, -0.05) is 66.7 Å². The van der Waals surface area contributed by atoms with Crippen LogP contribution in [0.3, 0.4) is 0 Å². The van der Waals surface area contributed by atoms with Gasteiger partial charge in [-0.25, -0.2) is 16.8 Å². The van der Waals surface area contributed by atoms with Crippen molar-refractivity contribution >= 4 is 25.9 Å².